The van der Waals surface area contributed by atoms with Gasteiger partial charge in [0.2, 0.25) is 10.0 Å². The minimum atomic E-state index is -2.98. The molecule has 2 atom stereocenters. The largest absolute Gasteiger partial charge is 0.213 e. The van der Waals surface area contributed by atoms with Gasteiger partial charge >= 0.3 is 0 Å². The maximum absolute atomic E-state index is 11.5. The molecule has 3 nitrogen and oxygen atoms in total. The second-order valence-electron chi connectivity index (χ2n) is 5.45. The topological polar surface area (TPSA) is 37.4 Å². The van der Waals surface area contributed by atoms with Crippen molar-refractivity contribution < 1.29 is 8.42 Å². The van der Waals surface area contributed by atoms with Crippen molar-refractivity contribution in [1.82, 2.24) is 4.31 Å². The van der Waals surface area contributed by atoms with Crippen molar-refractivity contribution >= 4 is 26.0 Å². The van der Waals surface area contributed by atoms with Crippen molar-refractivity contribution in [3.8, 4) is 0 Å². The summed E-state index contributed by atoms with van der Waals surface area (Å²) in [6.45, 7) is 3.66. The zero-order chi connectivity index (χ0) is 13.6. The van der Waals surface area contributed by atoms with Crippen LogP contribution in [-0.2, 0) is 10.0 Å². The van der Waals surface area contributed by atoms with E-state index in [2.05, 4.69) is 22.9 Å². The molecule has 0 aromatic heterocycles. The van der Waals surface area contributed by atoms with Crippen LogP contribution >= 0.6 is 15.9 Å². The summed E-state index contributed by atoms with van der Waals surface area (Å²) in [6, 6.07) is 0. The van der Waals surface area contributed by atoms with Gasteiger partial charge in [-0.2, -0.15) is 0 Å². The highest BCUT2D eigenvalue weighted by Crippen LogP contribution is 2.25. The van der Waals surface area contributed by atoms with Gasteiger partial charge in [0.25, 0.3) is 0 Å². The van der Waals surface area contributed by atoms with Gasteiger partial charge in [0.15, 0.2) is 0 Å². The maximum atomic E-state index is 11.5. The van der Waals surface area contributed by atoms with Gasteiger partial charge in [-0.3, -0.25) is 0 Å². The summed E-state index contributed by atoms with van der Waals surface area (Å²) >= 11 is 3.70. The fraction of sp³-hybridized carbons (Fsp3) is 1.00. The van der Waals surface area contributed by atoms with E-state index in [0.717, 1.165) is 19.4 Å². The Morgan fingerprint density at radius 2 is 2.11 bits per heavy atom. The van der Waals surface area contributed by atoms with E-state index in [1.807, 2.05) is 0 Å². The molecule has 0 aliphatic carbocycles. The molecule has 1 rings (SSSR count). The molecule has 1 heterocycles. The van der Waals surface area contributed by atoms with Crippen molar-refractivity contribution in [2.75, 3.05) is 19.3 Å². The molecule has 1 fully saturated rings. The molecule has 0 N–H and O–H groups in total. The second-order valence-corrected chi connectivity index (χ2v) is 8.72. The van der Waals surface area contributed by atoms with Crippen molar-refractivity contribution in [3.05, 3.63) is 0 Å². The fourth-order valence-electron chi connectivity index (χ4n) is 2.65. The van der Waals surface area contributed by atoms with Gasteiger partial charge in [0.1, 0.15) is 0 Å². The van der Waals surface area contributed by atoms with E-state index in [1.165, 1.54) is 38.4 Å². The van der Waals surface area contributed by atoms with E-state index >= 15 is 0 Å². The minimum Gasteiger partial charge on any atom is -0.213 e. The third-order valence-electron chi connectivity index (χ3n) is 3.68. The smallest absolute Gasteiger partial charge is 0.211 e. The van der Waals surface area contributed by atoms with Crippen LogP contribution in [0.15, 0.2) is 0 Å². The molecular formula is C13H26BrNO2S. The summed E-state index contributed by atoms with van der Waals surface area (Å²) in [5.74, 6) is 0.565. The highest BCUT2D eigenvalue weighted by atomic mass is 79.9. The Bertz CT molecular complexity index is 332. The molecule has 0 aromatic rings. The average Bonchev–Trinajstić information content (AvgIpc) is 2.29. The summed E-state index contributed by atoms with van der Waals surface area (Å²) < 4.78 is 24.7. The van der Waals surface area contributed by atoms with Gasteiger partial charge in [-0.1, -0.05) is 35.7 Å². The van der Waals surface area contributed by atoms with Crippen molar-refractivity contribution in [3.63, 3.8) is 0 Å². The van der Waals surface area contributed by atoms with E-state index < -0.39 is 10.0 Å². The number of piperidine rings is 1. The lowest BCUT2D eigenvalue weighted by Crippen LogP contribution is -2.39. The molecule has 108 valence electrons. The Morgan fingerprint density at radius 1 is 1.39 bits per heavy atom. The predicted octanol–water partition coefficient (Wildman–Crippen LogP) is 3.39. The van der Waals surface area contributed by atoms with Crippen LogP contribution in [0.4, 0.5) is 0 Å². The standard InChI is InChI=1S/C13H26BrNO2S/c1-3-6-13(14)9-4-7-12-8-5-10-15(11-12)18(2,16)17/h12-13H,3-11H2,1-2H3. The third kappa shape index (κ3) is 6.02. The van der Waals surface area contributed by atoms with Crippen LogP contribution in [0.25, 0.3) is 0 Å². The lowest BCUT2D eigenvalue weighted by Gasteiger charge is -2.31. The minimum absolute atomic E-state index is 0.565. The highest BCUT2D eigenvalue weighted by molar-refractivity contribution is 9.09. The number of rotatable bonds is 7. The van der Waals surface area contributed by atoms with Crippen molar-refractivity contribution in [2.45, 2.75) is 56.7 Å². The first-order chi connectivity index (χ1) is 8.43. The van der Waals surface area contributed by atoms with Gasteiger partial charge in [-0.05, 0) is 38.0 Å². The third-order valence-corrected chi connectivity index (χ3v) is 5.87. The fourth-order valence-corrected chi connectivity index (χ4v) is 4.37. The van der Waals surface area contributed by atoms with Crippen LogP contribution in [0.5, 0.6) is 0 Å². The zero-order valence-electron chi connectivity index (χ0n) is 11.6. The van der Waals surface area contributed by atoms with Gasteiger partial charge in [-0.25, -0.2) is 12.7 Å². The lowest BCUT2D eigenvalue weighted by atomic mass is 9.93. The molecule has 2 unspecified atom stereocenters. The SMILES string of the molecule is CCCC(Br)CCCC1CCCN(S(C)(=O)=O)C1. The number of halogens is 1. The Morgan fingerprint density at radius 3 is 2.72 bits per heavy atom. The predicted molar refractivity (Wildman–Crippen MR) is 80.6 cm³/mol. The number of hydrogen-bond acceptors (Lipinski definition) is 2. The lowest BCUT2D eigenvalue weighted by molar-refractivity contribution is 0.252. The molecule has 0 bridgehead atoms. The number of hydrogen-bond donors (Lipinski definition) is 0. The first-order valence-electron chi connectivity index (χ1n) is 7.02. The molecule has 18 heavy (non-hydrogen) atoms. The molecule has 5 heteroatoms. The summed E-state index contributed by atoms with van der Waals surface area (Å²) in [4.78, 5) is 0.636. The van der Waals surface area contributed by atoms with Crippen LogP contribution in [0, 0.1) is 5.92 Å². The second kappa shape index (κ2) is 7.85. The Labute approximate surface area is 121 Å². The normalized spacial score (nSPS) is 24.1. The molecule has 0 aromatic carbocycles. The summed E-state index contributed by atoms with van der Waals surface area (Å²) in [7, 11) is -2.98. The Kier molecular flexibility index (Phi) is 7.17. The van der Waals surface area contributed by atoms with Crippen molar-refractivity contribution in [1.29, 1.82) is 0 Å². The van der Waals surface area contributed by atoms with Crippen molar-refractivity contribution in [2.24, 2.45) is 5.92 Å². The van der Waals surface area contributed by atoms with Gasteiger partial charge in [-0.15, -0.1) is 0 Å². The molecule has 0 amide bonds. The molecule has 0 radical (unpaired) electrons. The quantitative estimate of drug-likeness (QED) is 0.666. The summed E-state index contributed by atoms with van der Waals surface area (Å²) in [5.41, 5.74) is 0. The highest BCUT2D eigenvalue weighted by Gasteiger charge is 2.25. The first kappa shape index (κ1) is 16.4. The van der Waals surface area contributed by atoms with Gasteiger partial charge in [0, 0.05) is 17.9 Å². The van der Waals surface area contributed by atoms with Crippen LogP contribution in [0.3, 0.4) is 0 Å². The van der Waals surface area contributed by atoms with E-state index in [-0.39, 0.29) is 0 Å². The molecule has 0 spiro atoms. The summed E-state index contributed by atoms with van der Waals surface area (Å²) in [5, 5.41) is 0. The average molecular weight is 340 g/mol. The molecule has 1 saturated heterocycles. The monoisotopic (exact) mass is 339 g/mol. The van der Waals surface area contributed by atoms with E-state index in [1.54, 1.807) is 4.31 Å². The number of nitrogens with zero attached hydrogens (tertiary/aromatic N) is 1. The Hall–Kier alpha value is 0.390. The first-order valence-corrected chi connectivity index (χ1v) is 9.79. The van der Waals surface area contributed by atoms with Crippen LogP contribution in [0.2, 0.25) is 0 Å². The Balaban J connectivity index is 2.26. The molecule has 1 aliphatic heterocycles. The maximum Gasteiger partial charge on any atom is 0.211 e. The van der Waals surface area contributed by atoms with Crippen LogP contribution in [0.1, 0.15) is 51.9 Å². The molecule has 1 aliphatic rings. The molecular weight excluding hydrogens is 314 g/mol. The number of alkyl halides is 1. The van der Waals surface area contributed by atoms with E-state index in [4.69, 9.17) is 0 Å². The molecule has 0 saturated carbocycles. The zero-order valence-corrected chi connectivity index (χ0v) is 14.0. The van der Waals surface area contributed by atoms with Crippen LogP contribution < -0.4 is 0 Å². The summed E-state index contributed by atoms with van der Waals surface area (Å²) in [6.07, 6.45) is 9.57. The van der Waals surface area contributed by atoms with Crippen LogP contribution in [-0.4, -0.2) is 36.9 Å². The number of sulfonamides is 1. The van der Waals surface area contributed by atoms with E-state index in [0.29, 0.717) is 17.3 Å². The van der Waals surface area contributed by atoms with Gasteiger partial charge < -0.3 is 0 Å². The van der Waals surface area contributed by atoms with Gasteiger partial charge in [0.05, 0.1) is 6.26 Å². The van der Waals surface area contributed by atoms with E-state index in [9.17, 15) is 8.42 Å².